The Hall–Kier alpha value is -0.0300. The molecular weight excluding hydrogens is 266 g/mol. The first-order chi connectivity index (χ1) is 6.74. The van der Waals surface area contributed by atoms with Crippen LogP contribution in [0.4, 0.5) is 0 Å². The third-order valence-corrected chi connectivity index (χ3v) is 3.67. The van der Waals surface area contributed by atoms with Crippen molar-refractivity contribution in [2.24, 2.45) is 0 Å². The van der Waals surface area contributed by atoms with Crippen molar-refractivity contribution in [1.82, 2.24) is 5.32 Å². The molecule has 0 aromatic heterocycles. The van der Waals surface area contributed by atoms with Gasteiger partial charge in [-0.3, -0.25) is 9.59 Å². The Morgan fingerprint density at radius 2 is 1.93 bits per heavy atom. The Kier molecular flexibility index (Phi) is 5.55. The van der Waals surface area contributed by atoms with Crippen LogP contribution in [-0.4, -0.2) is 21.7 Å². The van der Waals surface area contributed by atoms with Crippen molar-refractivity contribution < 1.29 is 9.59 Å². The van der Waals surface area contributed by atoms with E-state index in [0.29, 0.717) is 0 Å². The molecule has 14 heavy (non-hydrogen) atoms. The van der Waals surface area contributed by atoms with Crippen LogP contribution in [0.3, 0.4) is 0 Å². The lowest BCUT2D eigenvalue weighted by molar-refractivity contribution is -0.132. The summed E-state index contributed by atoms with van der Waals surface area (Å²) in [7, 11) is 0. The van der Waals surface area contributed by atoms with E-state index in [1.165, 1.54) is 19.3 Å². The smallest absolute Gasteiger partial charge is 0.299 e. The van der Waals surface area contributed by atoms with Crippen LogP contribution in [0.1, 0.15) is 32.1 Å². The van der Waals surface area contributed by atoms with Gasteiger partial charge in [0.25, 0.3) is 11.0 Å². The molecule has 1 atom stereocenters. The highest BCUT2D eigenvalue weighted by atomic mass is 79.9. The highest BCUT2D eigenvalue weighted by Crippen LogP contribution is 2.21. The Morgan fingerprint density at radius 3 is 2.50 bits per heavy atom. The number of rotatable bonds is 6. The van der Waals surface area contributed by atoms with Gasteiger partial charge in [0.2, 0.25) is 0 Å². The lowest BCUT2D eigenvalue weighted by atomic mass is 10.1. The van der Waals surface area contributed by atoms with Gasteiger partial charge in [-0.1, -0.05) is 47.0 Å². The number of unbranched alkanes of at least 4 members (excludes halogenated alkanes) is 3. The maximum Gasteiger partial charge on any atom is 0.299 e. The number of carbonyl (C=O) groups excluding carboxylic acids is 2. The summed E-state index contributed by atoms with van der Waals surface area (Å²) in [4.78, 5) is 21.7. The lowest BCUT2D eigenvalue weighted by Crippen LogP contribution is -2.25. The van der Waals surface area contributed by atoms with E-state index in [2.05, 4.69) is 21.2 Å². The first-order valence-electron chi connectivity index (χ1n) is 4.81. The second kappa shape index (κ2) is 6.45. The fourth-order valence-electron chi connectivity index (χ4n) is 1.33. The summed E-state index contributed by atoms with van der Waals surface area (Å²) in [6, 6.07) is 0. The summed E-state index contributed by atoms with van der Waals surface area (Å²) < 4.78 is 0. The zero-order valence-corrected chi connectivity index (χ0v) is 10.3. The molecule has 0 saturated carbocycles. The first kappa shape index (κ1) is 12.0. The van der Waals surface area contributed by atoms with Crippen molar-refractivity contribution in [3.05, 3.63) is 0 Å². The number of amides is 1. The van der Waals surface area contributed by atoms with E-state index >= 15 is 0 Å². The van der Waals surface area contributed by atoms with Gasteiger partial charge in [0, 0.05) is 5.33 Å². The van der Waals surface area contributed by atoms with Gasteiger partial charge < -0.3 is 5.32 Å². The van der Waals surface area contributed by atoms with Gasteiger partial charge in [-0.15, -0.1) is 0 Å². The SMILES string of the molecule is O=C1NC(CCCCCCBr)SC1=O. The van der Waals surface area contributed by atoms with E-state index in [-0.39, 0.29) is 10.5 Å². The third-order valence-electron chi connectivity index (χ3n) is 2.08. The first-order valence-corrected chi connectivity index (χ1v) is 6.81. The molecule has 80 valence electrons. The van der Waals surface area contributed by atoms with Gasteiger partial charge in [-0.05, 0) is 12.8 Å². The standard InChI is InChI=1S/C9H14BrNO2S/c10-6-4-2-1-3-5-7-11-8(12)9(13)14-7/h7H,1-6H2,(H,11,12). The van der Waals surface area contributed by atoms with Crippen molar-refractivity contribution in [3.63, 3.8) is 0 Å². The number of halogens is 1. The molecule has 0 spiro atoms. The molecule has 1 heterocycles. The molecule has 5 heteroatoms. The van der Waals surface area contributed by atoms with Gasteiger partial charge in [-0.25, -0.2) is 0 Å². The molecule has 1 fully saturated rings. The van der Waals surface area contributed by atoms with Crippen molar-refractivity contribution in [2.75, 3.05) is 5.33 Å². The zero-order valence-electron chi connectivity index (χ0n) is 7.92. The topological polar surface area (TPSA) is 46.2 Å². The van der Waals surface area contributed by atoms with E-state index in [9.17, 15) is 9.59 Å². The second-order valence-electron chi connectivity index (χ2n) is 3.26. The summed E-state index contributed by atoms with van der Waals surface area (Å²) >= 11 is 4.51. The van der Waals surface area contributed by atoms with Crippen molar-refractivity contribution in [2.45, 2.75) is 37.5 Å². The molecule has 1 amide bonds. The van der Waals surface area contributed by atoms with Crippen molar-refractivity contribution >= 4 is 38.7 Å². The molecule has 1 rings (SSSR count). The minimum atomic E-state index is -0.430. The fraction of sp³-hybridized carbons (Fsp3) is 0.778. The van der Waals surface area contributed by atoms with E-state index < -0.39 is 5.91 Å². The number of carbonyl (C=O) groups is 2. The molecular formula is C9H14BrNO2S. The highest BCUT2D eigenvalue weighted by Gasteiger charge is 2.29. The average molecular weight is 280 g/mol. The average Bonchev–Trinajstić information content (AvgIpc) is 2.46. The van der Waals surface area contributed by atoms with Crippen LogP contribution in [0.2, 0.25) is 0 Å². The van der Waals surface area contributed by atoms with E-state index in [1.807, 2.05) is 0 Å². The molecule has 1 unspecified atom stereocenters. The molecule has 0 radical (unpaired) electrons. The minimum absolute atomic E-state index is 0.0268. The van der Waals surface area contributed by atoms with E-state index in [0.717, 1.165) is 29.9 Å². The van der Waals surface area contributed by atoms with Gasteiger partial charge in [-0.2, -0.15) is 0 Å². The summed E-state index contributed by atoms with van der Waals surface area (Å²) in [6.45, 7) is 0. The summed E-state index contributed by atoms with van der Waals surface area (Å²) in [5.74, 6) is -0.430. The lowest BCUT2D eigenvalue weighted by Gasteiger charge is -2.06. The quantitative estimate of drug-likeness (QED) is 0.460. The summed E-state index contributed by atoms with van der Waals surface area (Å²) in [5, 5.41) is 3.40. The highest BCUT2D eigenvalue weighted by molar-refractivity contribution is 9.09. The van der Waals surface area contributed by atoms with E-state index in [1.54, 1.807) is 0 Å². The summed E-state index contributed by atoms with van der Waals surface area (Å²) in [5.41, 5.74) is 0. The number of hydrogen-bond donors (Lipinski definition) is 1. The van der Waals surface area contributed by atoms with Gasteiger partial charge in [0.1, 0.15) is 0 Å². The van der Waals surface area contributed by atoms with E-state index in [4.69, 9.17) is 0 Å². The van der Waals surface area contributed by atoms with Gasteiger partial charge in [0.05, 0.1) is 5.37 Å². The molecule has 1 N–H and O–H groups in total. The van der Waals surface area contributed by atoms with Crippen LogP contribution >= 0.6 is 27.7 Å². The van der Waals surface area contributed by atoms with Crippen molar-refractivity contribution in [3.8, 4) is 0 Å². The van der Waals surface area contributed by atoms with Gasteiger partial charge in [0.15, 0.2) is 0 Å². The van der Waals surface area contributed by atoms with Crippen LogP contribution in [-0.2, 0) is 9.59 Å². The summed E-state index contributed by atoms with van der Waals surface area (Å²) in [6.07, 6.45) is 5.57. The van der Waals surface area contributed by atoms with Gasteiger partial charge >= 0.3 is 0 Å². The maximum absolute atomic E-state index is 10.9. The number of nitrogens with one attached hydrogen (secondary N) is 1. The van der Waals surface area contributed by atoms with Crippen LogP contribution in [0.15, 0.2) is 0 Å². The number of alkyl halides is 1. The molecule has 0 bridgehead atoms. The molecule has 1 saturated heterocycles. The number of hydrogen-bond acceptors (Lipinski definition) is 3. The third kappa shape index (κ3) is 4.00. The predicted octanol–water partition coefficient (Wildman–Crippen LogP) is 2.05. The monoisotopic (exact) mass is 279 g/mol. The molecule has 3 nitrogen and oxygen atoms in total. The van der Waals surface area contributed by atoms with Crippen LogP contribution in [0.5, 0.6) is 0 Å². The molecule has 0 aromatic carbocycles. The molecule has 1 aliphatic rings. The van der Waals surface area contributed by atoms with Crippen LogP contribution < -0.4 is 5.32 Å². The normalized spacial score (nSPS) is 21.4. The molecule has 0 aliphatic carbocycles. The Bertz CT molecular complexity index is 207. The largest absolute Gasteiger partial charge is 0.336 e. The maximum atomic E-state index is 10.9. The Morgan fingerprint density at radius 1 is 1.21 bits per heavy atom. The molecule has 1 aliphatic heterocycles. The predicted molar refractivity (Wildman–Crippen MR) is 61.4 cm³/mol. The van der Waals surface area contributed by atoms with Crippen LogP contribution in [0, 0.1) is 0 Å². The fourth-order valence-corrected chi connectivity index (χ4v) is 2.60. The Balaban J connectivity index is 2.03. The second-order valence-corrected chi connectivity index (χ2v) is 5.23. The minimum Gasteiger partial charge on any atom is -0.336 e. The van der Waals surface area contributed by atoms with Crippen molar-refractivity contribution in [1.29, 1.82) is 0 Å². The number of thioether (sulfide) groups is 1. The molecule has 0 aromatic rings. The van der Waals surface area contributed by atoms with Crippen LogP contribution in [0.25, 0.3) is 0 Å². The zero-order chi connectivity index (χ0) is 10.4. The Labute approximate surface area is 96.5 Å².